The highest BCUT2D eigenvalue weighted by molar-refractivity contribution is 5.81. The van der Waals surface area contributed by atoms with Crippen LogP contribution in [0.15, 0.2) is 0 Å². The van der Waals surface area contributed by atoms with Crippen molar-refractivity contribution in [2.75, 3.05) is 19.6 Å². The summed E-state index contributed by atoms with van der Waals surface area (Å²) in [7, 11) is 0. The maximum atomic E-state index is 11.9. The molecule has 1 saturated heterocycles. The van der Waals surface area contributed by atoms with Crippen LogP contribution in [0.5, 0.6) is 0 Å². The van der Waals surface area contributed by atoms with Gasteiger partial charge in [-0.25, -0.2) is 0 Å². The summed E-state index contributed by atoms with van der Waals surface area (Å²) in [6, 6.07) is 0.129. The minimum Gasteiger partial charge on any atom is -0.481 e. The minimum absolute atomic E-state index is 0.0998. The second-order valence-electron chi connectivity index (χ2n) is 5.49. The fraction of sp³-hybridized carbons (Fsp3) is 0.786. The molecule has 2 unspecified atom stereocenters. The van der Waals surface area contributed by atoms with Gasteiger partial charge in [0.2, 0.25) is 5.91 Å². The molecule has 7 heteroatoms. The standard InChI is InChI=1S/C14H24N2O5/c1-3-9(4-2)15-12(17)8-16-6-5-10(13(18)19)11(7-16)14(20)21/h9-11H,3-8H2,1-2H3,(H,15,17)(H,18,19)(H,20,21). The molecule has 0 aromatic carbocycles. The average molecular weight is 300 g/mol. The summed E-state index contributed by atoms with van der Waals surface area (Å²) in [5.74, 6) is -4.17. The number of carboxylic acid groups (broad SMARTS) is 2. The second kappa shape index (κ2) is 7.97. The molecule has 2 atom stereocenters. The lowest BCUT2D eigenvalue weighted by molar-refractivity contribution is -0.157. The first kappa shape index (κ1) is 17.4. The van der Waals surface area contributed by atoms with Crippen molar-refractivity contribution in [2.24, 2.45) is 11.8 Å². The zero-order chi connectivity index (χ0) is 16.0. The van der Waals surface area contributed by atoms with Gasteiger partial charge in [-0.15, -0.1) is 0 Å². The molecule has 1 aliphatic rings. The Morgan fingerprint density at radius 1 is 1.14 bits per heavy atom. The zero-order valence-corrected chi connectivity index (χ0v) is 12.5. The van der Waals surface area contributed by atoms with Crippen molar-refractivity contribution in [3.05, 3.63) is 0 Å². The number of nitrogens with zero attached hydrogens (tertiary/aromatic N) is 1. The minimum atomic E-state index is -1.12. The fourth-order valence-corrected chi connectivity index (χ4v) is 2.68. The van der Waals surface area contributed by atoms with Crippen LogP contribution in [0.3, 0.4) is 0 Å². The van der Waals surface area contributed by atoms with Crippen LogP contribution in [-0.4, -0.2) is 58.6 Å². The van der Waals surface area contributed by atoms with Gasteiger partial charge in [0.15, 0.2) is 0 Å². The first-order chi connectivity index (χ1) is 9.88. The summed E-state index contributed by atoms with van der Waals surface area (Å²) in [4.78, 5) is 35.9. The number of hydrogen-bond donors (Lipinski definition) is 3. The van der Waals surface area contributed by atoms with Gasteiger partial charge < -0.3 is 15.5 Å². The smallest absolute Gasteiger partial charge is 0.308 e. The summed E-state index contributed by atoms with van der Waals surface area (Å²) in [6.45, 7) is 4.63. The number of aliphatic carboxylic acids is 2. The third kappa shape index (κ3) is 5.00. The lowest BCUT2D eigenvalue weighted by Gasteiger charge is -2.34. The van der Waals surface area contributed by atoms with Crippen LogP contribution in [-0.2, 0) is 14.4 Å². The lowest BCUT2D eigenvalue weighted by atomic mass is 9.85. The molecule has 120 valence electrons. The van der Waals surface area contributed by atoms with Crippen molar-refractivity contribution in [3.63, 3.8) is 0 Å². The molecule has 1 amide bonds. The van der Waals surface area contributed by atoms with Gasteiger partial charge in [-0.05, 0) is 25.8 Å². The second-order valence-corrected chi connectivity index (χ2v) is 5.49. The molecule has 0 bridgehead atoms. The Kier molecular flexibility index (Phi) is 6.61. The number of nitrogens with one attached hydrogen (secondary N) is 1. The summed E-state index contributed by atoms with van der Waals surface area (Å²) in [6.07, 6.45) is 1.95. The van der Waals surface area contributed by atoms with Gasteiger partial charge in [-0.1, -0.05) is 13.8 Å². The maximum absolute atomic E-state index is 11.9. The molecule has 0 saturated carbocycles. The molecule has 1 aliphatic heterocycles. The maximum Gasteiger partial charge on any atom is 0.308 e. The highest BCUT2D eigenvalue weighted by atomic mass is 16.4. The van der Waals surface area contributed by atoms with E-state index in [1.54, 1.807) is 4.90 Å². The van der Waals surface area contributed by atoms with Gasteiger partial charge in [0, 0.05) is 12.6 Å². The number of carbonyl (C=O) groups excluding carboxylic acids is 1. The SMILES string of the molecule is CCC(CC)NC(=O)CN1CCC(C(=O)O)C(C(=O)O)C1. The Morgan fingerprint density at radius 3 is 2.19 bits per heavy atom. The predicted octanol–water partition coefficient (Wildman–Crippen LogP) is 0.399. The number of rotatable bonds is 7. The number of amides is 1. The van der Waals surface area contributed by atoms with E-state index in [9.17, 15) is 14.4 Å². The number of piperidine rings is 1. The van der Waals surface area contributed by atoms with Crippen LogP contribution < -0.4 is 5.32 Å². The average Bonchev–Trinajstić information content (AvgIpc) is 2.44. The summed E-state index contributed by atoms with van der Waals surface area (Å²) >= 11 is 0. The Bertz CT molecular complexity index is 395. The van der Waals surface area contributed by atoms with Gasteiger partial charge in [0.05, 0.1) is 18.4 Å². The predicted molar refractivity (Wildman–Crippen MR) is 75.8 cm³/mol. The van der Waals surface area contributed by atoms with Gasteiger partial charge >= 0.3 is 11.9 Å². The number of carbonyl (C=O) groups is 3. The lowest BCUT2D eigenvalue weighted by Crippen LogP contribution is -2.50. The van der Waals surface area contributed by atoms with Crippen LogP contribution in [0.4, 0.5) is 0 Å². The number of hydrogen-bond acceptors (Lipinski definition) is 4. The topological polar surface area (TPSA) is 107 Å². The van der Waals surface area contributed by atoms with Gasteiger partial charge in [0.25, 0.3) is 0 Å². The Balaban J connectivity index is 2.56. The van der Waals surface area contributed by atoms with Crippen LogP contribution in [0.25, 0.3) is 0 Å². The Morgan fingerprint density at radius 2 is 1.71 bits per heavy atom. The molecular weight excluding hydrogens is 276 g/mol. The van der Waals surface area contributed by atoms with E-state index in [1.807, 2.05) is 13.8 Å². The zero-order valence-electron chi connectivity index (χ0n) is 12.5. The molecule has 3 N–H and O–H groups in total. The molecule has 0 aromatic rings. The van der Waals surface area contributed by atoms with Crippen LogP contribution in [0.1, 0.15) is 33.1 Å². The highest BCUT2D eigenvalue weighted by Gasteiger charge is 2.39. The van der Waals surface area contributed by atoms with Crippen LogP contribution in [0.2, 0.25) is 0 Å². The Hall–Kier alpha value is -1.63. The molecule has 0 aliphatic carbocycles. The molecule has 7 nitrogen and oxygen atoms in total. The van der Waals surface area contributed by atoms with E-state index in [2.05, 4.69) is 5.32 Å². The van der Waals surface area contributed by atoms with Gasteiger partial charge in [-0.2, -0.15) is 0 Å². The first-order valence-electron chi connectivity index (χ1n) is 7.36. The largest absolute Gasteiger partial charge is 0.481 e. The normalized spacial score (nSPS) is 23.0. The van der Waals surface area contributed by atoms with E-state index in [-0.39, 0.29) is 31.5 Å². The highest BCUT2D eigenvalue weighted by Crippen LogP contribution is 2.24. The first-order valence-corrected chi connectivity index (χ1v) is 7.36. The Labute approximate surface area is 124 Å². The van der Waals surface area contributed by atoms with Gasteiger partial charge in [0.1, 0.15) is 0 Å². The van der Waals surface area contributed by atoms with Crippen molar-refractivity contribution in [1.29, 1.82) is 0 Å². The summed E-state index contributed by atoms with van der Waals surface area (Å²) < 4.78 is 0. The van der Waals surface area contributed by atoms with Crippen molar-refractivity contribution in [3.8, 4) is 0 Å². The molecule has 1 fully saturated rings. The van der Waals surface area contributed by atoms with Crippen molar-refractivity contribution in [1.82, 2.24) is 10.2 Å². The molecule has 1 rings (SSSR count). The third-order valence-corrected chi connectivity index (χ3v) is 4.05. The van der Waals surface area contributed by atoms with Crippen molar-refractivity contribution < 1.29 is 24.6 Å². The molecule has 1 heterocycles. The molecule has 0 radical (unpaired) electrons. The van der Waals surface area contributed by atoms with E-state index in [0.717, 1.165) is 12.8 Å². The van der Waals surface area contributed by atoms with Crippen molar-refractivity contribution >= 4 is 17.8 Å². The molecule has 0 spiro atoms. The van der Waals surface area contributed by atoms with E-state index in [4.69, 9.17) is 10.2 Å². The summed E-state index contributed by atoms with van der Waals surface area (Å²) in [5.41, 5.74) is 0. The molecule has 0 aromatic heterocycles. The monoisotopic (exact) mass is 300 g/mol. The molecular formula is C14H24N2O5. The van der Waals surface area contributed by atoms with Crippen LogP contribution >= 0.6 is 0 Å². The molecule has 21 heavy (non-hydrogen) atoms. The number of likely N-dealkylation sites (tertiary alicyclic amines) is 1. The third-order valence-electron chi connectivity index (χ3n) is 4.05. The van der Waals surface area contributed by atoms with E-state index >= 15 is 0 Å². The fourth-order valence-electron chi connectivity index (χ4n) is 2.68. The van der Waals surface area contributed by atoms with Crippen LogP contribution in [0, 0.1) is 11.8 Å². The van der Waals surface area contributed by atoms with Crippen molar-refractivity contribution in [2.45, 2.75) is 39.2 Å². The summed E-state index contributed by atoms with van der Waals surface area (Å²) in [5, 5.41) is 21.1. The van der Waals surface area contributed by atoms with E-state index in [0.29, 0.717) is 6.54 Å². The van der Waals surface area contributed by atoms with Gasteiger partial charge in [-0.3, -0.25) is 19.3 Å². The van der Waals surface area contributed by atoms with E-state index in [1.165, 1.54) is 0 Å². The number of carboxylic acids is 2. The van der Waals surface area contributed by atoms with E-state index < -0.39 is 23.8 Å². The quantitative estimate of drug-likeness (QED) is 0.628.